The van der Waals surface area contributed by atoms with Crippen molar-refractivity contribution in [2.24, 2.45) is 16.7 Å². The second-order valence-corrected chi connectivity index (χ2v) is 7.31. The van der Waals surface area contributed by atoms with Crippen LogP contribution >= 0.6 is 0 Å². The lowest BCUT2D eigenvalue weighted by molar-refractivity contribution is 0.139. The molecule has 1 saturated carbocycles. The summed E-state index contributed by atoms with van der Waals surface area (Å²) in [5, 5.41) is 3.83. The zero-order valence-electron chi connectivity index (χ0n) is 12.2. The van der Waals surface area contributed by atoms with Gasteiger partial charge in [0.1, 0.15) is 0 Å². The molecule has 1 fully saturated rings. The molecule has 1 atom stereocenters. The fourth-order valence-electron chi connectivity index (χ4n) is 2.46. The highest BCUT2D eigenvalue weighted by molar-refractivity contribution is 4.89. The molecule has 1 unspecified atom stereocenters. The van der Waals surface area contributed by atoms with E-state index in [0.717, 1.165) is 18.5 Å². The first kappa shape index (κ1) is 14.0. The van der Waals surface area contributed by atoms with E-state index < -0.39 is 0 Å². The predicted molar refractivity (Wildman–Crippen MR) is 72.7 cm³/mol. The summed E-state index contributed by atoms with van der Waals surface area (Å²) in [4.78, 5) is 0. The molecule has 1 N–H and O–H groups in total. The van der Waals surface area contributed by atoms with E-state index in [1.807, 2.05) is 0 Å². The summed E-state index contributed by atoms with van der Waals surface area (Å²) in [6, 6.07) is 0.722. The molecular weight excluding hydrogens is 194 g/mol. The topological polar surface area (TPSA) is 12.0 Å². The van der Waals surface area contributed by atoms with Gasteiger partial charge in [0, 0.05) is 12.6 Å². The van der Waals surface area contributed by atoms with Gasteiger partial charge in [-0.15, -0.1) is 0 Å². The molecule has 0 amide bonds. The summed E-state index contributed by atoms with van der Waals surface area (Å²) in [5.41, 5.74) is 0.902. The Bertz CT molecular complexity index is 215. The Hall–Kier alpha value is -0.0400. The molecule has 0 spiro atoms. The van der Waals surface area contributed by atoms with Crippen molar-refractivity contribution in [1.29, 1.82) is 0 Å². The van der Waals surface area contributed by atoms with Crippen molar-refractivity contribution in [2.45, 2.75) is 73.3 Å². The van der Waals surface area contributed by atoms with Crippen LogP contribution in [0.3, 0.4) is 0 Å². The minimum Gasteiger partial charge on any atom is -0.313 e. The zero-order chi connectivity index (χ0) is 12.4. The molecule has 0 saturated heterocycles. The number of nitrogens with one attached hydrogen (secondary N) is 1. The van der Waals surface area contributed by atoms with Crippen LogP contribution in [0.4, 0.5) is 0 Å². The van der Waals surface area contributed by atoms with Crippen LogP contribution in [0.15, 0.2) is 0 Å². The summed E-state index contributed by atoms with van der Waals surface area (Å²) < 4.78 is 0. The third-order valence-electron chi connectivity index (χ3n) is 4.87. The molecule has 0 heterocycles. The summed E-state index contributed by atoms with van der Waals surface area (Å²) >= 11 is 0. The molecule has 1 aliphatic rings. The van der Waals surface area contributed by atoms with Crippen molar-refractivity contribution in [3.05, 3.63) is 0 Å². The summed E-state index contributed by atoms with van der Waals surface area (Å²) in [5.74, 6) is 0.742. The first-order valence-corrected chi connectivity index (χ1v) is 6.99. The van der Waals surface area contributed by atoms with Gasteiger partial charge in [0.05, 0.1) is 0 Å². The molecule has 1 heteroatoms. The molecule has 1 aliphatic carbocycles. The fraction of sp³-hybridized carbons (Fsp3) is 1.00. The maximum absolute atomic E-state index is 3.83. The smallest absolute Gasteiger partial charge is 0.0118 e. The van der Waals surface area contributed by atoms with Gasteiger partial charge >= 0.3 is 0 Å². The standard InChI is InChI=1S/C15H31N/c1-12(2)15(5,6)11-16-13-9-7-8-10-14(13,3)4/h12-13,16H,7-11H2,1-6H3. The zero-order valence-corrected chi connectivity index (χ0v) is 12.2. The van der Waals surface area contributed by atoms with E-state index in [1.165, 1.54) is 25.7 Å². The number of hydrogen-bond donors (Lipinski definition) is 1. The lowest BCUT2D eigenvalue weighted by atomic mass is 9.72. The van der Waals surface area contributed by atoms with E-state index >= 15 is 0 Å². The van der Waals surface area contributed by atoms with Crippen molar-refractivity contribution in [1.82, 2.24) is 5.32 Å². The van der Waals surface area contributed by atoms with E-state index in [2.05, 4.69) is 46.9 Å². The van der Waals surface area contributed by atoms with E-state index in [-0.39, 0.29) is 0 Å². The van der Waals surface area contributed by atoms with Crippen LogP contribution in [-0.4, -0.2) is 12.6 Å². The number of rotatable bonds is 4. The first-order chi connectivity index (χ1) is 7.26. The molecule has 96 valence electrons. The molecule has 1 rings (SSSR count). The van der Waals surface area contributed by atoms with Crippen LogP contribution in [0.5, 0.6) is 0 Å². The van der Waals surface area contributed by atoms with Gasteiger partial charge in [-0.1, -0.05) is 54.4 Å². The predicted octanol–water partition coefficient (Wildman–Crippen LogP) is 4.23. The van der Waals surface area contributed by atoms with E-state index in [1.54, 1.807) is 0 Å². The van der Waals surface area contributed by atoms with Crippen LogP contribution in [0.1, 0.15) is 67.2 Å². The minimum atomic E-state index is 0.410. The summed E-state index contributed by atoms with van der Waals surface area (Å²) in [7, 11) is 0. The SMILES string of the molecule is CC(C)C(C)(C)CNC1CCCCC1(C)C. The van der Waals surface area contributed by atoms with Crippen molar-refractivity contribution >= 4 is 0 Å². The molecule has 16 heavy (non-hydrogen) atoms. The van der Waals surface area contributed by atoms with Gasteiger partial charge in [-0.3, -0.25) is 0 Å². The largest absolute Gasteiger partial charge is 0.313 e. The normalized spacial score (nSPS) is 26.1. The monoisotopic (exact) mass is 225 g/mol. The summed E-state index contributed by atoms with van der Waals surface area (Å²) in [6.07, 6.45) is 5.57. The Morgan fingerprint density at radius 2 is 1.88 bits per heavy atom. The third-order valence-corrected chi connectivity index (χ3v) is 4.87. The van der Waals surface area contributed by atoms with Crippen molar-refractivity contribution in [3.8, 4) is 0 Å². The second kappa shape index (κ2) is 5.08. The summed E-state index contributed by atoms with van der Waals surface area (Å²) in [6.45, 7) is 15.4. The Morgan fingerprint density at radius 3 is 2.38 bits per heavy atom. The molecule has 0 aromatic rings. The molecule has 0 bridgehead atoms. The Kier molecular flexibility index (Phi) is 4.45. The quantitative estimate of drug-likeness (QED) is 0.755. The third kappa shape index (κ3) is 3.48. The van der Waals surface area contributed by atoms with Crippen molar-refractivity contribution in [2.75, 3.05) is 6.54 Å². The minimum absolute atomic E-state index is 0.410. The van der Waals surface area contributed by atoms with Gasteiger partial charge in [0.2, 0.25) is 0 Å². The molecule has 0 aromatic heterocycles. The maximum Gasteiger partial charge on any atom is 0.0118 e. The van der Waals surface area contributed by atoms with Crippen LogP contribution in [0.25, 0.3) is 0 Å². The first-order valence-electron chi connectivity index (χ1n) is 6.99. The lowest BCUT2D eigenvalue weighted by Gasteiger charge is -2.41. The van der Waals surface area contributed by atoms with Gasteiger partial charge in [0.15, 0.2) is 0 Å². The highest BCUT2D eigenvalue weighted by atomic mass is 14.9. The highest BCUT2D eigenvalue weighted by Gasteiger charge is 2.33. The molecule has 0 aliphatic heterocycles. The Labute approximate surface area is 102 Å². The molecule has 0 aromatic carbocycles. The van der Waals surface area contributed by atoms with Crippen molar-refractivity contribution < 1.29 is 0 Å². The van der Waals surface area contributed by atoms with Gasteiger partial charge in [-0.05, 0) is 29.6 Å². The van der Waals surface area contributed by atoms with Crippen LogP contribution in [0, 0.1) is 16.7 Å². The van der Waals surface area contributed by atoms with Crippen molar-refractivity contribution in [3.63, 3.8) is 0 Å². The fourth-order valence-corrected chi connectivity index (χ4v) is 2.46. The van der Waals surface area contributed by atoms with E-state index in [4.69, 9.17) is 0 Å². The van der Waals surface area contributed by atoms with Gasteiger partial charge in [-0.25, -0.2) is 0 Å². The van der Waals surface area contributed by atoms with E-state index in [0.29, 0.717) is 10.8 Å². The molecule has 0 radical (unpaired) electrons. The van der Waals surface area contributed by atoms with Crippen LogP contribution in [0.2, 0.25) is 0 Å². The lowest BCUT2D eigenvalue weighted by Crippen LogP contribution is -2.48. The average molecular weight is 225 g/mol. The highest BCUT2D eigenvalue weighted by Crippen LogP contribution is 2.36. The van der Waals surface area contributed by atoms with Gasteiger partial charge < -0.3 is 5.32 Å². The average Bonchev–Trinajstić information content (AvgIpc) is 2.15. The van der Waals surface area contributed by atoms with Crippen LogP contribution < -0.4 is 5.32 Å². The van der Waals surface area contributed by atoms with E-state index in [9.17, 15) is 0 Å². The van der Waals surface area contributed by atoms with Gasteiger partial charge in [0.25, 0.3) is 0 Å². The Morgan fingerprint density at radius 1 is 1.25 bits per heavy atom. The maximum atomic E-state index is 3.83. The van der Waals surface area contributed by atoms with Crippen LogP contribution in [-0.2, 0) is 0 Å². The number of hydrogen-bond acceptors (Lipinski definition) is 1. The molecular formula is C15H31N. The van der Waals surface area contributed by atoms with Gasteiger partial charge in [-0.2, -0.15) is 0 Å². The Balaban J connectivity index is 2.48. The second-order valence-electron chi connectivity index (χ2n) is 7.31. The molecule has 1 nitrogen and oxygen atoms in total.